The van der Waals surface area contributed by atoms with Gasteiger partial charge >= 0.3 is 0 Å². The maximum Gasteiger partial charge on any atom is 0.0296 e. The summed E-state index contributed by atoms with van der Waals surface area (Å²) < 4.78 is 0. The van der Waals surface area contributed by atoms with Gasteiger partial charge < -0.3 is 0 Å². The molecule has 0 aromatic heterocycles. The normalized spacial score (nSPS) is 18.4. The van der Waals surface area contributed by atoms with Gasteiger partial charge in [-0.2, -0.15) is 0 Å². The van der Waals surface area contributed by atoms with Gasteiger partial charge in [-0.1, -0.05) is 46.8 Å². The molecule has 0 saturated heterocycles. The second-order valence-corrected chi connectivity index (χ2v) is 3.49. The third-order valence-corrected chi connectivity index (χ3v) is 1.78. The fraction of sp³-hybridized carbons (Fsp3) is 0.583. The number of rotatable bonds is 1. The van der Waals surface area contributed by atoms with E-state index in [2.05, 4.69) is 37.9 Å². The molecular formula is C12H21N. The summed E-state index contributed by atoms with van der Waals surface area (Å²) in [5, 5.41) is 0. The monoisotopic (exact) mass is 179 g/mol. The molecule has 1 heteroatoms. The molecule has 1 rings (SSSR count). The van der Waals surface area contributed by atoms with Crippen molar-refractivity contribution in [3.05, 3.63) is 23.9 Å². The van der Waals surface area contributed by atoms with Gasteiger partial charge in [-0.25, -0.2) is 0 Å². The molecule has 0 radical (unpaired) electrons. The summed E-state index contributed by atoms with van der Waals surface area (Å²) in [6.07, 6.45) is 9.33. The maximum atomic E-state index is 4.23. The van der Waals surface area contributed by atoms with E-state index in [1.807, 2.05) is 26.3 Å². The van der Waals surface area contributed by atoms with Crippen LogP contribution < -0.4 is 0 Å². The Balaban J connectivity index is 0.000000671. The molecule has 0 spiro atoms. The Kier molecular flexibility index (Phi) is 5.36. The molecule has 0 aliphatic carbocycles. The van der Waals surface area contributed by atoms with Crippen molar-refractivity contribution in [1.82, 2.24) is 0 Å². The molecule has 13 heavy (non-hydrogen) atoms. The van der Waals surface area contributed by atoms with E-state index in [9.17, 15) is 0 Å². The fourth-order valence-corrected chi connectivity index (χ4v) is 0.942. The quantitative estimate of drug-likeness (QED) is 0.577. The number of hydrogen-bond acceptors (Lipinski definition) is 1. The third-order valence-electron chi connectivity index (χ3n) is 1.78. The highest BCUT2D eigenvalue weighted by molar-refractivity contribution is 5.69. The van der Waals surface area contributed by atoms with Crippen molar-refractivity contribution in [2.45, 2.75) is 41.0 Å². The topological polar surface area (TPSA) is 12.4 Å². The van der Waals surface area contributed by atoms with Crippen LogP contribution in [0, 0.1) is 5.41 Å². The fourth-order valence-electron chi connectivity index (χ4n) is 0.942. The standard InChI is InChI=1S/C10H15N.C2H6/c1-4-9-5-6-10(2,3)8-11-7-9;1-2/h5-8H,4H2,1-3H3;1-2H3. The zero-order valence-corrected chi connectivity index (χ0v) is 9.46. The lowest BCUT2D eigenvalue weighted by Gasteiger charge is -2.10. The minimum atomic E-state index is 0.118. The van der Waals surface area contributed by atoms with Crippen LogP contribution in [0.2, 0.25) is 0 Å². The van der Waals surface area contributed by atoms with Crippen LogP contribution in [0.1, 0.15) is 41.0 Å². The van der Waals surface area contributed by atoms with Gasteiger partial charge in [-0.3, -0.25) is 4.99 Å². The van der Waals surface area contributed by atoms with Crippen LogP contribution in [-0.4, -0.2) is 6.21 Å². The first-order valence-corrected chi connectivity index (χ1v) is 5.07. The first kappa shape index (κ1) is 12.2. The largest absolute Gasteiger partial charge is 0.268 e. The van der Waals surface area contributed by atoms with Crippen molar-refractivity contribution >= 4 is 6.21 Å². The Morgan fingerprint density at radius 1 is 1.31 bits per heavy atom. The molecule has 0 atom stereocenters. The van der Waals surface area contributed by atoms with E-state index in [0.717, 1.165) is 6.42 Å². The molecule has 74 valence electrons. The van der Waals surface area contributed by atoms with Crippen molar-refractivity contribution in [3.63, 3.8) is 0 Å². The number of nitrogens with zero attached hydrogens (tertiary/aromatic N) is 1. The van der Waals surface area contributed by atoms with E-state index in [-0.39, 0.29) is 5.41 Å². The summed E-state index contributed by atoms with van der Waals surface area (Å²) in [6, 6.07) is 0. The van der Waals surface area contributed by atoms with Gasteiger partial charge in [0.1, 0.15) is 0 Å². The average molecular weight is 179 g/mol. The van der Waals surface area contributed by atoms with Crippen molar-refractivity contribution in [1.29, 1.82) is 0 Å². The summed E-state index contributed by atoms with van der Waals surface area (Å²) in [7, 11) is 0. The number of aliphatic imine (C=N–C) groups is 1. The zero-order valence-electron chi connectivity index (χ0n) is 9.46. The Bertz CT molecular complexity index is 219. The molecular weight excluding hydrogens is 158 g/mol. The van der Waals surface area contributed by atoms with Crippen LogP contribution in [0.5, 0.6) is 0 Å². The van der Waals surface area contributed by atoms with Gasteiger partial charge in [-0.05, 0) is 12.0 Å². The van der Waals surface area contributed by atoms with Gasteiger partial charge in [0.25, 0.3) is 0 Å². The summed E-state index contributed by atoms with van der Waals surface area (Å²) in [6.45, 7) is 10.4. The Morgan fingerprint density at radius 3 is 2.46 bits per heavy atom. The van der Waals surface area contributed by atoms with E-state index in [1.165, 1.54) is 5.57 Å². The van der Waals surface area contributed by atoms with Crippen molar-refractivity contribution < 1.29 is 0 Å². The van der Waals surface area contributed by atoms with Crippen molar-refractivity contribution in [2.75, 3.05) is 0 Å². The minimum absolute atomic E-state index is 0.118. The summed E-state index contributed by atoms with van der Waals surface area (Å²) in [5.41, 5.74) is 1.42. The molecule has 1 nitrogen and oxygen atoms in total. The molecule has 0 unspecified atom stereocenters. The molecule has 1 aliphatic heterocycles. The lowest BCUT2D eigenvalue weighted by molar-refractivity contribution is 0.695. The van der Waals surface area contributed by atoms with Crippen molar-refractivity contribution in [2.24, 2.45) is 10.4 Å². The molecule has 0 N–H and O–H groups in total. The van der Waals surface area contributed by atoms with E-state index >= 15 is 0 Å². The smallest absolute Gasteiger partial charge is 0.0296 e. The van der Waals surface area contributed by atoms with Crippen LogP contribution in [0.3, 0.4) is 0 Å². The Hall–Kier alpha value is -0.850. The molecule has 0 saturated carbocycles. The SMILES string of the molecule is CC.CCC1=CN=CC(C)(C)C=C1. The molecule has 1 aliphatic rings. The average Bonchev–Trinajstić information content (AvgIpc) is 2.30. The van der Waals surface area contributed by atoms with E-state index in [1.54, 1.807) is 0 Å². The highest BCUT2D eigenvalue weighted by atomic mass is 14.7. The first-order chi connectivity index (χ1) is 6.14. The second kappa shape index (κ2) is 5.74. The lowest BCUT2D eigenvalue weighted by Crippen LogP contribution is -2.07. The highest BCUT2D eigenvalue weighted by Crippen LogP contribution is 2.18. The summed E-state index contributed by atoms with van der Waals surface area (Å²) in [5.74, 6) is 0. The Morgan fingerprint density at radius 2 is 1.92 bits per heavy atom. The summed E-state index contributed by atoms with van der Waals surface area (Å²) >= 11 is 0. The molecule has 0 amide bonds. The molecule has 0 aromatic carbocycles. The van der Waals surface area contributed by atoms with Crippen LogP contribution in [0.4, 0.5) is 0 Å². The van der Waals surface area contributed by atoms with Crippen LogP contribution in [0.15, 0.2) is 28.9 Å². The second-order valence-electron chi connectivity index (χ2n) is 3.49. The van der Waals surface area contributed by atoms with Gasteiger partial charge in [0.2, 0.25) is 0 Å². The van der Waals surface area contributed by atoms with Gasteiger partial charge in [0, 0.05) is 17.8 Å². The van der Waals surface area contributed by atoms with Crippen LogP contribution in [0.25, 0.3) is 0 Å². The Labute approximate surface area is 82.3 Å². The molecule has 1 heterocycles. The minimum Gasteiger partial charge on any atom is -0.268 e. The molecule has 0 aromatic rings. The van der Waals surface area contributed by atoms with E-state index < -0.39 is 0 Å². The van der Waals surface area contributed by atoms with E-state index in [0.29, 0.717) is 0 Å². The van der Waals surface area contributed by atoms with Gasteiger partial charge in [-0.15, -0.1) is 0 Å². The molecule has 0 bridgehead atoms. The highest BCUT2D eigenvalue weighted by Gasteiger charge is 2.10. The van der Waals surface area contributed by atoms with Crippen molar-refractivity contribution in [3.8, 4) is 0 Å². The third kappa shape index (κ3) is 4.66. The summed E-state index contributed by atoms with van der Waals surface area (Å²) in [4.78, 5) is 4.23. The number of allylic oxidation sites excluding steroid dienone is 3. The van der Waals surface area contributed by atoms with E-state index in [4.69, 9.17) is 0 Å². The predicted octanol–water partition coefficient (Wildman–Crippen LogP) is 3.97. The van der Waals surface area contributed by atoms with Gasteiger partial charge in [0.05, 0.1) is 0 Å². The predicted molar refractivity (Wildman–Crippen MR) is 61.1 cm³/mol. The van der Waals surface area contributed by atoms with Crippen LogP contribution in [-0.2, 0) is 0 Å². The molecule has 0 fully saturated rings. The maximum absolute atomic E-state index is 4.23. The van der Waals surface area contributed by atoms with Gasteiger partial charge in [0.15, 0.2) is 0 Å². The first-order valence-electron chi connectivity index (χ1n) is 5.07. The zero-order chi connectivity index (χ0) is 10.3. The van der Waals surface area contributed by atoms with Crippen LogP contribution >= 0.6 is 0 Å². The lowest BCUT2D eigenvalue weighted by atomic mass is 9.94. The number of hydrogen-bond donors (Lipinski definition) is 0.